The smallest absolute Gasteiger partial charge is 0.324 e. The van der Waals surface area contributed by atoms with Crippen LogP contribution < -0.4 is 5.32 Å². The third-order valence-electron chi connectivity index (χ3n) is 5.16. The Balaban J connectivity index is 1.78. The molecule has 9 heteroatoms. The third-order valence-corrected chi connectivity index (χ3v) is 6.49. The summed E-state index contributed by atoms with van der Waals surface area (Å²) in [5.74, 6) is -1.23. The summed E-state index contributed by atoms with van der Waals surface area (Å²) in [4.78, 5) is 27.1. The van der Waals surface area contributed by atoms with Crippen LogP contribution in [0, 0.1) is 0 Å². The van der Waals surface area contributed by atoms with Crippen LogP contribution in [-0.4, -0.2) is 27.1 Å². The predicted molar refractivity (Wildman–Crippen MR) is 130 cm³/mol. The number of hydrogen-bond donors (Lipinski definition) is 1. The normalized spacial score (nSPS) is 16.9. The molecule has 0 saturated carbocycles. The molecule has 0 aromatic heterocycles. The number of para-hydroxylation sites is 1. The number of anilines is 1. The van der Waals surface area contributed by atoms with Crippen molar-refractivity contribution < 1.29 is 22.8 Å². The number of thiocarbonyl (C=S) groups is 1. The molecule has 1 heterocycles. The summed E-state index contributed by atoms with van der Waals surface area (Å²) in [5.41, 5.74) is 0.614. The van der Waals surface area contributed by atoms with E-state index in [1.807, 2.05) is 24.3 Å². The van der Waals surface area contributed by atoms with Gasteiger partial charge in [0.1, 0.15) is 10.4 Å². The number of rotatable bonds is 4. The summed E-state index contributed by atoms with van der Waals surface area (Å²) in [6, 6.07) is 11.4. The Bertz CT molecular complexity index is 1120. The van der Waals surface area contributed by atoms with Crippen molar-refractivity contribution >= 4 is 51.9 Å². The maximum Gasteiger partial charge on any atom is 0.418 e. The first-order valence-electron chi connectivity index (χ1n) is 10.1. The molecule has 0 radical (unpaired) electrons. The largest absolute Gasteiger partial charge is 0.418 e. The number of carbonyl (C=O) groups excluding carboxylic acids is 2. The summed E-state index contributed by atoms with van der Waals surface area (Å²) in [5, 5.41) is 2.28. The molecular weight excluding hydrogens is 469 g/mol. The lowest BCUT2D eigenvalue weighted by Gasteiger charge is -2.23. The molecule has 2 aromatic rings. The number of benzene rings is 2. The van der Waals surface area contributed by atoms with Crippen LogP contribution in [0.25, 0.3) is 6.08 Å². The van der Waals surface area contributed by atoms with Crippen LogP contribution in [0.1, 0.15) is 44.4 Å². The van der Waals surface area contributed by atoms with Gasteiger partial charge >= 0.3 is 6.18 Å². The van der Waals surface area contributed by atoms with Gasteiger partial charge in [-0.15, -0.1) is 0 Å². The van der Waals surface area contributed by atoms with Gasteiger partial charge in [0.05, 0.1) is 16.2 Å². The van der Waals surface area contributed by atoms with Crippen LogP contribution in [0.5, 0.6) is 0 Å². The lowest BCUT2D eigenvalue weighted by atomic mass is 9.87. The first-order valence-corrected chi connectivity index (χ1v) is 11.4. The number of alkyl halides is 3. The number of thioether (sulfide) groups is 1. The molecule has 1 N–H and O–H groups in total. The fourth-order valence-corrected chi connectivity index (χ4v) is 4.66. The second-order valence-electron chi connectivity index (χ2n) is 8.63. The monoisotopic (exact) mass is 492 g/mol. The molecule has 1 unspecified atom stereocenters. The molecule has 1 fully saturated rings. The average molecular weight is 493 g/mol. The Morgan fingerprint density at radius 2 is 1.70 bits per heavy atom. The standard InChI is InChI=1S/C24H23F3N2O2S2/c1-14(20(30)28-18-8-6-5-7-17(18)24(25,26)27)29-21(31)19(33-22(29)32)13-15-9-11-16(12-10-15)23(2,3)4/h5-14H,1-4H3,(H,28,30)/b19-13-. The zero-order valence-electron chi connectivity index (χ0n) is 18.5. The summed E-state index contributed by atoms with van der Waals surface area (Å²) >= 11 is 6.35. The van der Waals surface area contributed by atoms with Crippen LogP contribution in [0.15, 0.2) is 53.4 Å². The van der Waals surface area contributed by atoms with Gasteiger partial charge in [-0.1, -0.05) is 81.1 Å². The van der Waals surface area contributed by atoms with Crippen LogP contribution in [-0.2, 0) is 21.2 Å². The number of carbonyl (C=O) groups is 2. The van der Waals surface area contributed by atoms with Crippen molar-refractivity contribution in [2.45, 2.75) is 45.3 Å². The number of nitrogens with one attached hydrogen (secondary N) is 1. The molecule has 1 saturated heterocycles. The van der Waals surface area contributed by atoms with Crippen LogP contribution >= 0.6 is 24.0 Å². The van der Waals surface area contributed by atoms with Crippen molar-refractivity contribution in [2.24, 2.45) is 0 Å². The van der Waals surface area contributed by atoms with Gasteiger partial charge in [-0.2, -0.15) is 13.2 Å². The molecule has 2 amide bonds. The molecule has 0 bridgehead atoms. The van der Waals surface area contributed by atoms with Gasteiger partial charge < -0.3 is 5.32 Å². The highest BCUT2D eigenvalue weighted by atomic mass is 32.2. The summed E-state index contributed by atoms with van der Waals surface area (Å²) in [6.45, 7) is 7.74. The lowest BCUT2D eigenvalue weighted by molar-refractivity contribution is -0.137. The van der Waals surface area contributed by atoms with Crippen molar-refractivity contribution in [2.75, 3.05) is 5.32 Å². The molecule has 33 heavy (non-hydrogen) atoms. The Labute approximate surface area is 200 Å². The maximum atomic E-state index is 13.2. The Morgan fingerprint density at radius 3 is 2.27 bits per heavy atom. The van der Waals surface area contributed by atoms with Crippen LogP contribution in [0.3, 0.4) is 0 Å². The van der Waals surface area contributed by atoms with Gasteiger partial charge in [-0.05, 0) is 41.7 Å². The minimum Gasteiger partial charge on any atom is -0.324 e. The first-order chi connectivity index (χ1) is 15.3. The van der Waals surface area contributed by atoms with Crippen LogP contribution in [0.2, 0.25) is 0 Å². The van der Waals surface area contributed by atoms with Gasteiger partial charge in [0.2, 0.25) is 5.91 Å². The SMILES string of the molecule is CC(C(=O)Nc1ccccc1C(F)(F)F)N1C(=O)/C(=C/c2ccc(C(C)(C)C)cc2)SC1=S. The molecule has 0 aliphatic carbocycles. The maximum absolute atomic E-state index is 13.2. The Morgan fingerprint density at radius 1 is 1.09 bits per heavy atom. The average Bonchev–Trinajstić information content (AvgIpc) is 2.99. The van der Waals surface area contributed by atoms with E-state index in [2.05, 4.69) is 26.1 Å². The number of hydrogen-bond acceptors (Lipinski definition) is 4. The number of halogens is 3. The molecular formula is C24H23F3N2O2S2. The van der Waals surface area contributed by atoms with Gasteiger partial charge in [-0.3, -0.25) is 14.5 Å². The summed E-state index contributed by atoms with van der Waals surface area (Å²) in [7, 11) is 0. The van der Waals surface area contributed by atoms with Gasteiger partial charge in [-0.25, -0.2) is 0 Å². The van der Waals surface area contributed by atoms with E-state index < -0.39 is 29.6 Å². The Kier molecular flexibility index (Phi) is 7.04. The van der Waals surface area contributed by atoms with E-state index >= 15 is 0 Å². The zero-order valence-corrected chi connectivity index (χ0v) is 20.1. The highest BCUT2D eigenvalue weighted by Crippen LogP contribution is 2.36. The molecule has 2 aromatic carbocycles. The zero-order chi connectivity index (χ0) is 24.6. The van der Waals surface area contributed by atoms with Gasteiger partial charge in [0.25, 0.3) is 5.91 Å². The second kappa shape index (κ2) is 9.30. The van der Waals surface area contributed by atoms with Crippen molar-refractivity contribution in [3.63, 3.8) is 0 Å². The summed E-state index contributed by atoms with van der Waals surface area (Å²) < 4.78 is 39.8. The third kappa shape index (κ3) is 5.65. The van der Waals surface area contributed by atoms with E-state index in [0.29, 0.717) is 4.91 Å². The van der Waals surface area contributed by atoms with E-state index in [9.17, 15) is 22.8 Å². The fraction of sp³-hybridized carbons (Fsp3) is 0.292. The molecule has 0 spiro atoms. The topological polar surface area (TPSA) is 49.4 Å². The molecule has 1 atom stereocenters. The molecule has 4 nitrogen and oxygen atoms in total. The van der Waals surface area contributed by atoms with Gasteiger partial charge in [0, 0.05) is 0 Å². The van der Waals surface area contributed by atoms with Crippen molar-refractivity contribution in [1.82, 2.24) is 4.90 Å². The highest BCUT2D eigenvalue weighted by molar-refractivity contribution is 8.26. The fourth-order valence-electron chi connectivity index (χ4n) is 3.24. The number of nitrogens with zero attached hydrogens (tertiary/aromatic N) is 1. The molecule has 3 rings (SSSR count). The van der Waals surface area contributed by atoms with Gasteiger partial charge in [0.15, 0.2) is 0 Å². The second-order valence-corrected chi connectivity index (χ2v) is 10.3. The molecule has 1 aliphatic rings. The van der Waals surface area contributed by atoms with Crippen molar-refractivity contribution in [3.8, 4) is 0 Å². The quantitative estimate of drug-likeness (QED) is 0.406. The van der Waals surface area contributed by atoms with E-state index in [0.717, 1.165) is 33.9 Å². The molecule has 174 valence electrons. The van der Waals surface area contributed by atoms with E-state index in [1.165, 1.54) is 25.1 Å². The van der Waals surface area contributed by atoms with E-state index in [4.69, 9.17) is 12.2 Å². The predicted octanol–water partition coefficient (Wildman–Crippen LogP) is 6.23. The van der Waals surface area contributed by atoms with Crippen molar-refractivity contribution in [3.05, 3.63) is 70.1 Å². The molecule has 1 aliphatic heterocycles. The van der Waals surface area contributed by atoms with E-state index in [1.54, 1.807) is 6.08 Å². The Hall–Kier alpha value is -2.65. The highest BCUT2D eigenvalue weighted by Gasteiger charge is 2.39. The minimum atomic E-state index is -4.62. The van der Waals surface area contributed by atoms with E-state index in [-0.39, 0.29) is 15.4 Å². The first kappa shape index (κ1) is 25.0. The van der Waals surface area contributed by atoms with Crippen molar-refractivity contribution in [1.29, 1.82) is 0 Å². The lowest BCUT2D eigenvalue weighted by Crippen LogP contribution is -2.44. The number of amides is 2. The van der Waals surface area contributed by atoms with Crippen LogP contribution in [0.4, 0.5) is 18.9 Å². The minimum absolute atomic E-state index is 0.00447. The summed E-state index contributed by atoms with van der Waals surface area (Å²) in [6.07, 6.45) is -2.94.